The van der Waals surface area contributed by atoms with Crippen LogP contribution < -0.4 is 5.32 Å². The molecule has 1 aliphatic rings. The Hall–Kier alpha value is -1.55. The first-order chi connectivity index (χ1) is 7.34. The topological polar surface area (TPSA) is 49.6 Å². The Balaban J connectivity index is 2.13. The average molecular weight is 203 g/mol. The number of imidazole rings is 1. The fraction of sp³-hybridized carbons (Fsp3) is 0.364. The minimum atomic E-state index is 0.278. The molecule has 2 N–H and O–H groups in total. The molecule has 0 bridgehead atoms. The van der Waals surface area contributed by atoms with Crippen LogP contribution in [0.2, 0.25) is 0 Å². The van der Waals surface area contributed by atoms with Crippen LogP contribution in [0.4, 0.5) is 0 Å². The number of hydrogen-bond donors (Lipinski definition) is 2. The van der Waals surface area contributed by atoms with Crippen LogP contribution in [0.5, 0.6) is 5.75 Å². The zero-order valence-electron chi connectivity index (χ0n) is 8.35. The Bertz CT molecular complexity index is 486. The van der Waals surface area contributed by atoms with Crippen LogP contribution in [0.1, 0.15) is 24.7 Å². The van der Waals surface area contributed by atoms with E-state index in [0.29, 0.717) is 6.04 Å². The lowest BCUT2D eigenvalue weighted by Crippen LogP contribution is -2.15. The van der Waals surface area contributed by atoms with E-state index in [2.05, 4.69) is 10.3 Å². The maximum atomic E-state index is 9.45. The molecule has 0 radical (unpaired) electrons. The Labute approximate surface area is 87.6 Å². The van der Waals surface area contributed by atoms with Gasteiger partial charge in [-0.15, -0.1) is 0 Å². The van der Waals surface area contributed by atoms with E-state index in [1.54, 1.807) is 12.3 Å². The largest absolute Gasteiger partial charge is 0.506 e. The number of nitrogens with zero attached hydrogens (tertiary/aromatic N) is 2. The van der Waals surface area contributed by atoms with E-state index in [4.69, 9.17) is 0 Å². The summed E-state index contributed by atoms with van der Waals surface area (Å²) in [7, 11) is 0. The van der Waals surface area contributed by atoms with Gasteiger partial charge in [0.05, 0.1) is 24.0 Å². The van der Waals surface area contributed by atoms with Crippen LogP contribution in [-0.2, 0) is 0 Å². The van der Waals surface area contributed by atoms with Crippen LogP contribution in [0.3, 0.4) is 0 Å². The molecule has 0 aliphatic carbocycles. The molecule has 1 saturated heterocycles. The maximum Gasteiger partial charge on any atom is 0.132 e. The van der Waals surface area contributed by atoms with Gasteiger partial charge < -0.3 is 10.4 Å². The van der Waals surface area contributed by atoms with Crippen molar-refractivity contribution < 1.29 is 5.11 Å². The molecule has 0 amide bonds. The standard InChI is InChI=1S/C11H13N3O/c15-9-4-3-8-6-13-11(14(8)7-9)10-2-1-5-12-10/h3-4,6-7,10,12,15H,1-2,5H2. The number of pyridine rings is 1. The van der Waals surface area contributed by atoms with Crippen molar-refractivity contribution >= 4 is 5.52 Å². The first-order valence-corrected chi connectivity index (χ1v) is 5.24. The summed E-state index contributed by atoms with van der Waals surface area (Å²) in [6, 6.07) is 3.89. The third-order valence-corrected chi connectivity index (χ3v) is 2.91. The van der Waals surface area contributed by atoms with Crippen molar-refractivity contribution in [3.63, 3.8) is 0 Å². The second kappa shape index (κ2) is 3.24. The highest BCUT2D eigenvalue weighted by molar-refractivity contribution is 5.48. The first-order valence-electron chi connectivity index (χ1n) is 5.24. The fourth-order valence-corrected chi connectivity index (χ4v) is 2.16. The minimum Gasteiger partial charge on any atom is -0.506 e. The van der Waals surface area contributed by atoms with Gasteiger partial charge >= 0.3 is 0 Å². The van der Waals surface area contributed by atoms with Gasteiger partial charge in [0.2, 0.25) is 0 Å². The average Bonchev–Trinajstić information content (AvgIpc) is 2.83. The third-order valence-electron chi connectivity index (χ3n) is 2.91. The van der Waals surface area contributed by atoms with E-state index in [1.807, 2.05) is 16.7 Å². The van der Waals surface area contributed by atoms with Crippen LogP contribution in [-0.4, -0.2) is 21.0 Å². The van der Waals surface area contributed by atoms with E-state index in [0.717, 1.165) is 24.3 Å². The fourth-order valence-electron chi connectivity index (χ4n) is 2.16. The molecule has 4 heteroatoms. The van der Waals surface area contributed by atoms with Crippen molar-refractivity contribution in [2.75, 3.05) is 6.54 Å². The summed E-state index contributed by atoms with van der Waals surface area (Å²) in [6.07, 6.45) is 5.87. The predicted octanol–water partition coefficient (Wildman–Crippen LogP) is 1.46. The molecule has 1 atom stereocenters. The Kier molecular flexibility index (Phi) is 1.89. The molecule has 4 nitrogen and oxygen atoms in total. The van der Waals surface area contributed by atoms with Gasteiger partial charge in [0, 0.05) is 0 Å². The second-order valence-corrected chi connectivity index (χ2v) is 3.95. The number of fused-ring (bicyclic) bond motifs is 1. The van der Waals surface area contributed by atoms with Crippen molar-refractivity contribution in [2.24, 2.45) is 0 Å². The van der Waals surface area contributed by atoms with Gasteiger partial charge in [-0.05, 0) is 31.5 Å². The van der Waals surface area contributed by atoms with Gasteiger partial charge in [-0.2, -0.15) is 0 Å². The van der Waals surface area contributed by atoms with E-state index in [1.165, 1.54) is 6.42 Å². The molecule has 1 aliphatic heterocycles. The normalized spacial score (nSPS) is 21.2. The Morgan fingerprint density at radius 3 is 3.20 bits per heavy atom. The molecule has 0 spiro atoms. The van der Waals surface area contributed by atoms with Gasteiger partial charge in [-0.1, -0.05) is 0 Å². The van der Waals surface area contributed by atoms with Gasteiger partial charge in [0.1, 0.15) is 11.6 Å². The smallest absolute Gasteiger partial charge is 0.132 e. The van der Waals surface area contributed by atoms with Crippen LogP contribution in [0.25, 0.3) is 5.52 Å². The van der Waals surface area contributed by atoms with Crippen molar-refractivity contribution in [1.82, 2.24) is 14.7 Å². The predicted molar refractivity (Wildman–Crippen MR) is 56.8 cm³/mol. The summed E-state index contributed by atoms with van der Waals surface area (Å²) < 4.78 is 1.96. The number of aromatic hydroxyl groups is 1. The van der Waals surface area contributed by atoms with E-state index < -0.39 is 0 Å². The molecular weight excluding hydrogens is 190 g/mol. The second-order valence-electron chi connectivity index (χ2n) is 3.95. The Morgan fingerprint density at radius 1 is 1.47 bits per heavy atom. The highest BCUT2D eigenvalue weighted by atomic mass is 16.3. The molecule has 2 aromatic rings. The lowest BCUT2D eigenvalue weighted by atomic mass is 10.2. The summed E-state index contributed by atoms with van der Waals surface area (Å²) in [5.41, 5.74) is 1.02. The van der Waals surface area contributed by atoms with Crippen LogP contribution in [0, 0.1) is 0 Å². The molecule has 78 valence electrons. The van der Waals surface area contributed by atoms with Crippen molar-refractivity contribution in [3.8, 4) is 5.75 Å². The Morgan fingerprint density at radius 2 is 2.40 bits per heavy atom. The lowest BCUT2D eigenvalue weighted by molar-refractivity contribution is 0.470. The molecule has 3 heterocycles. The molecular formula is C11H13N3O. The molecule has 2 aromatic heterocycles. The molecule has 15 heavy (non-hydrogen) atoms. The number of nitrogens with one attached hydrogen (secondary N) is 1. The highest BCUT2D eigenvalue weighted by Crippen LogP contribution is 2.24. The summed E-state index contributed by atoms with van der Waals surface area (Å²) in [4.78, 5) is 4.41. The van der Waals surface area contributed by atoms with Gasteiger partial charge in [0.25, 0.3) is 0 Å². The summed E-state index contributed by atoms with van der Waals surface area (Å²) in [5, 5.41) is 12.9. The first kappa shape index (κ1) is 8.73. The van der Waals surface area contributed by atoms with E-state index in [-0.39, 0.29) is 5.75 Å². The zero-order valence-corrected chi connectivity index (χ0v) is 8.35. The molecule has 1 fully saturated rings. The van der Waals surface area contributed by atoms with E-state index >= 15 is 0 Å². The number of hydrogen-bond acceptors (Lipinski definition) is 3. The van der Waals surface area contributed by atoms with Crippen LogP contribution >= 0.6 is 0 Å². The summed E-state index contributed by atoms with van der Waals surface area (Å²) in [5.74, 6) is 1.28. The molecule has 0 saturated carbocycles. The number of rotatable bonds is 1. The monoisotopic (exact) mass is 203 g/mol. The molecule has 0 aromatic carbocycles. The minimum absolute atomic E-state index is 0.278. The zero-order chi connectivity index (χ0) is 10.3. The lowest BCUT2D eigenvalue weighted by Gasteiger charge is -2.08. The van der Waals surface area contributed by atoms with Crippen molar-refractivity contribution in [3.05, 3.63) is 30.4 Å². The third kappa shape index (κ3) is 1.37. The summed E-state index contributed by atoms with van der Waals surface area (Å²) >= 11 is 0. The maximum absolute atomic E-state index is 9.45. The SMILES string of the molecule is Oc1ccc2cnc(C3CCCN3)n2c1. The van der Waals surface area contributed by atoms with Gasteiger partial charge in [-0.3, -0.25) is 4.40 Å². The van der Waals surface area contributed by atoms with Gasteiger partial charge in [-0.25, -0.2) is 4.98 Å². The van der Waals surface area contributed by atoms with Crippen molar-refractivity contribution in [2.45, 2.75) is 18.9 Å². The summed E-state index contributed by atoms with van der Waals surface area (Å²) in [6.45, 7) is 1.05. The van der Waals surface area contributed by atoms with E-state index in [9.17, 15) is 5.11 Å². The quantitative estimate of drug-likeness (QED) is 0.737. The highest BCUT2D eigenvalue weighted by Gasteiger charge is 2.20. The van der Waals surface area contributed by atoms with Crippen LogP contribution in [0.15, 0.2) is 24.5 Å². The van der Waals surface area contributed by atoms with Gasteiger partial charge in [0.15, 0.2) is 0 Å². The molecule has 1 unspecified atom stereocenters. The molecule has 3 rings (SSSR count). The number of aromatic nitrogens is 2. The van der Waals surface area contributed by atoms with Crippen molar-refractivity contribution in [1.29, 1.82) is 0 Å².